The molecule has 3 aromatic carbocycles. The van der Waals surface area contributed by atoms with Gasteiger partial charge in [-0.25, -0.2) is 19.9 Å². The summed E-state index contributed by atoms with van der Waals surface area (Å²) in [6, 6.07) is 20.4. The molecule has 3 aliphatic heterocycles. The van der Waals surface area contributed by atoms with Gasteiger partial charge in [0.15, 0.2) is 17.3 Å². The lowest BCUT2D eigenvalue weighted by molar-refractivity contribution is -0.157. The number of anilines is 1. The minimum atomic E-state index is -3.82. The average Bonchev–Trinajstić information content (AvgIpc) is 3.89. The van der Waals surface area contributed by atoms with Crippen molar-refractivity contribution < 1.29 is 37.0 Å². The maximum absolute atomic E-state index is 13.1. The van der Waals surface area contributed by atoms with Crippen LogP contribution in [0.15, 0.2) is 94.4 Å². The Morgan fingerprint density at radius 3 is 2.46 bits per heavy atom. The molecular weight excluding hydrogens is 938 g/mol. The summed E-state index contributed by atoms with van der Waals surface area (Å²) < 4.78 is 53.6. The minimum absolute atomic E-state index is 0.0220. The zero-order valence-electron chi connectivity index (χ0n) is 32.8. The van der Waals surface area contributed by atoms with E-state index < -0.39 is 16.3 Å². The van der Waals surface area contributed by atoms with Crippen LogP contribution in [0.5, 0.6) is 23.4 Å². The van der Waals surface area contributed by atoms with Gasteiger partial charge in [0, 0.05) is 53.5 Å². The Morgan fingerprint density at radius 2 is 1.67 bits per heavy atom. The smallest absolute Gasteiger partial charge is 0.316 e. The summed E-state index contributed by atoms with van der Waals surface area (Å²) in [4.78, 5) is 49.3. The van der Waals surface area contributed by atoms with Crippen LogP contribution in [-0.2, 0) is 26.2 Å². The molecule has 20 heteroatoms. The Hall–Kier alpha value is -5.83. The number of halogens is 2. The van der Waals surface area contributed by atoms with Crippen LogP contribution in [0, 0.1) is 0 Å². The van der Waals surface area contributed by atoms with Crippen LogP contribution >= 0.6 is 31.9 Å². The highest BCUT2D eigenvalue weighted by Crippen LogP contribution is 2.45. The van der Waals surface area contributed by atoms with Crippen molar-refractivity contribution in [3.63, 3.8) is 0 Å². The van der Waals surface area contributed by atoms with Crippen molar-refractivity contribution in [2.45, 2.75) is 31.8 Å². The van der Waals surface area contributed by atoms with Gasteiger partial charge in [0.25, 0.3) is 10.2 Å². The molecule has 3 aliphatic rings. The molecule has 0 spiro atoms. The second-order valence-electron chi connectivity index (χ2n) is 14.1. The molecule has 2 amide bonds. The predicted octanol–water partition coefficient (Wildman–Crippen LogP) is 5.78. The molecule has 3 aromatic heterocycles. The van der Waals surface area contributed by atoms with E-state index in [1.165, 1.54) is 11.2 Å². The van der Waals surface area contributed by atoms with Gasteiger partial charge in [-0.2, -0.15) is 13.1 Å². The summed E-state index contributed by atoms with van der Waals surface area (Å²) in [5.41, 5.74) is 5.05. The topological polar surface area (TPSA) is 203 Å². The largest absolute Gasteiger partial charge is 0.473 e. The van der Waals surface area contributed by atoms with E-state index in [-0.39, 0.29) is 62.1 Å². The number of carbonyl (C=O) groups is 2. The summed E-state index contributed by atoms with van der Waals surface area (Å²) in [5, 5.41) is 1.10. The summed E-state index contributed by atoms with van der Waals surface area (Å²) in [6.07, 6.45) is 5.54. The lowest BCUT2D eigenvalue weighted by Crippen LogP contribution is -2.62. The molecule has 0 bridgehead atoms. The molecule has 0 aliphatic carbocycles. The van der Waals surface area contributed by atoms with Gasteiger partial charge in [-0.3, -0.25) is 14.3 Å². The molecule has 6 heterocycles. The van der Waals surface area contributed by atoms with Crippen LogP contribution in [0.3, 0.4) is 0 Å². The zero-order chi connectivity index (χ0) is 42.7. The molecule has 0 unspecified atom stereocenters. The fourth-order valence-electron chi connectivity index (χ4n) is 7.32. The number of carbonyl (C=O) groups excluding carboxylic acids is 2. The third kappa shape index (κ3) is 9.12. The first-order valence-electron chi connectivity index (χ1n) is 19.2. The normalized spacial score (nSPS) is 16.7. The van der Waals surface area contributed by atoms with Crippen LogP contribution in [0.4, 0.5) is 5.82 Å². The number of aromatic nitrogens is 5. The predicted molar refractivity (Wildman–Crippen MR) is 231 cm³/mol. The number of amides is 2. The van der Waals surface area contributed by atoms with Gasteiger partial charge >= 0.3 is 6.01 Å². The highest BCUT2D eigenvalue weighted by atomic mass is 79.9. The Morgan fingerprint density at radius 1 is 0.918 bits per heavy atom. The van der Waals surface area contributed by atoms with Crippen LogP contribution in [0.1, 0.15) is 36.2 Å². The molecule has 1 fully saturated rings. The zero-order valence-corrected chi connectivity index (χ0v) is 36.8. The number of H-pyrrole nitrogens is 1. The first kappa shape index (κ1) is 41.9. The van der Waals surface area contributed by atoms with E-state index in [2.05, 4.69) is 72.3 Å². The number of para-hydroxylation sites is 1. The van der Waals surface area contributed by atoms with Crippen molar-refractivity contribution in [3.05, 3.63) is 111 Å². The maximum atomic E-state index is 13.1. The lowest BCUT2D eigenvalue weighted by atomic mass is 9.86. The van der Waals surface area contributed by atoms with Crippen molar-refractivity contribution in [2.24, 2.45) is 0 Å². The lowest BCUT2D eigenvalue weighted by Gasteiger charge is -2.46. The number of fused-ring (bicyclic) bond motifs is 5. The Labute approximate surface area is 367 Å². The number of aromatic amines is 1. The third-order valence-corrected chi connectivity index (χ3v) is 12.0. The maximum Gasteiger partial charge on any atom is 0.316 e. The standard InChI is InChI=1S/C22H19N3O4.C19H20Br2N6O4S/c1-24-10-19(26)25-16(22(24)27)9-14-13-4-2-3-5-15(13)23-20(14)21(25)12-6-7-17-18(8-12)29-11-28-17;1-2-7-26-32(28,29)27-17-16(13-3-5-14(20)6-4-13)18(25-12-24-17)30-8-9-31-19-22-10-15(21)11-23-19/h2-8,16,21,23H,9-11H2,1H3;3-6,10-12,26H,2,7-9H2,1H3,(H,24,25,27)/t16-,21-;/m1./s1. The van der Waals surface area contributed by atoms with Gasteiger partial charge in [0.05, 0.1) is 22.6 Å². The second kappa shape index (κ2) is 18.0. The number of piperazine rings is 1. The number of hydrogen-bond donors (Lipinski definition) is 3. The molecule has 0 saturated carbocycles. The van der Waals surface area contributed by atoms with Crippen molar-refractivity contribution in [1.82, 2.24) is 39.4 Å². The fraction of sp³-hybridized carbons (Fsp3) is 0.268. The molecular formula is C41H39Br2N9O8S. The SMILES string of the molecule is CCCNS(=O)(=O)Nc1ncnc(OCCOc2ncc(Br)cn2)c1-c1ccc(Br)cc1.CN1CC(=O)N2[C@H](c3ccc4c(c3)OCO4)c3[nH]c4ccccc4c3C[C@@H]2C1=O. The van der Waals surface area contributed by atoms with E-state index in [0.717, 1.165) is 36.7 Å². The van der Waals surface area contributed by atoms with E-state index in [1.54, 1.807) is 36.5 Å². The monoisotopic (exact) mass is 975 g/mol. The number of benzene rings is 3. The Bertz CT molecular complexity index is 2690. The minimum Gasteiger partial charge on any atom is -0.473 e. The molecule has 1 saturated heterocycles. The van der Waals surface area contributed by atoms with Crippen LogP contribution in [0.2, 0.25) is 0 Å². The van der Waals surface area contributed by atoms with Gasteiger partial charge in [-0.15, -0.1) is 0 Å². The van der Waals surface area contributed by atoms with E-state index in [0.29, 0.717) is 42.0 Å². The third-order valence-electron chi connectivity index (χ3n) is 10.0. The Kier molecular flexibility index (Phi) is 12.4. The first-order chi connectivity index (χ1) is 29.5. The number of hydrogen-bond acceptors (Lipinski definition) is 12. The highest BCUT2D eigenvalue weighted by molar-refractivity contribution is 9.10. The molecule has 6 aromatic rings. The average molecular weight is 978 g/mol. The van der Waals surface area contributed by atoms with Gasteiger partial charge < -0.3 is 33.7 Å². The number of rotatable bonds is 12. The van der Waals surface area contributed by atoms with Crippen molar-refractivity contribution >= 4 is 70.6 Å². The fourth-order valence-corrected chi connectivity index (χ4v) is 8.74. The van der Waals surface area contributed by atoms with Gasteiger partial charge in [0.2, 0.25) is 24.5 Å². The van der Waals surface area contributed by atoms with Crippen LogP contribution in [0.25, 0.3) is 22.0 Å². The molecule has 17 nitrogen and oxygen atoms in total. The van der Waals surface area contributed by atoms with Crippen LogP contribution < -0.4 is 28.4 Å². The van der Waals surface area contributed by atoms with E-state index >= 15 is 0 Å². The quantitative estimate of drug-likeness (QED) is 0.125. The van der Waals surface area contributed by atoms with Gasteiger partial charge in [0.1, 0.15) is 25.6 Å². The van der Waals surface area contributed by atoms with E-state index in [9.17, 15) is 18.0 Å². The molecule has 2 atom stereocenters. The first-order valence-corrected chi connectivity index (χ1v) is 22.2. The summed E-state index contributed by atoms with van der Waals surface area (Å²) in [7, 11) is -2.12. The summed E-state index contributed by atoms with van der Waals surface area (Å²) in [6.45, 7) is 2.73. The molecule has 3 N–H and O–H groups in total. The van der Waals surface area contributed by atoms with Gasteiger partial charge in [-0.1, -0.05) is 59.3 Å². The molecule has 316 valence electrons. The van der Waals surface area contributed by atoms with E-state index in [1.807, 2.05) is 55.5 Å². The van der Waals surface area contributed by atoms with Crippen molar-refractivity contribution in [3.8, 4) is 34.5 Å². The summed E-state index contributed by atoms with van der Waals surface area (Å²) in [5.74, 6) is 1.58. The van der Waals surface area contributed by atoms with Gasteiger partial charge in [-0.05, 0) is 69.4 Å². The Balaban J connectivity index is 0.000000169. The number of likely N-dealkylation sites (N-methyl/N-ethyl adjacent to an activating group) is 1. The van der Waals surface area contributed by atoms with Crippen molar-refractivity contribution in [1.29, 1.82) is 0 Å². The molecule has 0 radical (unpaired) electrons. The van der Waals surface area contributed by atoms with E-state index in [4.69, 9.17) is 18.9 Å². The number of ether oxygens (including phenoxy) is 4. The van der Waals surface area contributed by atoms with Crippen molar-refractivity contribution in [2.75, 3.05) is 44.9 Å². The summed E-state index contributed by atoms with van der Waals surface area (Å²) >= 11 is 6.65. The number of nitrogens with one attached hydrogen (secondary N) is 3. The second-order valence-corrected chi connectivity index (χ2v) is 17.4. The molecule has 9 rings (SSSR count). The molecule has 61 heavy (non-hydrogen) atoms. The van der Waals surface area contributed by atoms with Crippen LogP contribution in [-0.4, -0.2) is 101 Å². The number of nitrogens with zero attached hydrogens (tertiary/aromatic N) is 6. The highest BCUT2D eigenvalue weighted by Gasteiger charge is 2.47.